The van der Waals surface area contributed by atoms with E-state index in [2.05, 4.69) is 15.3 Å². The van der Waals surface area contributed by atoms with Crippen molar-refractivity contribution >= 4 is 17.7 Å². The van der Waals surface area contributed by atoms with E-state index in [-0.39, 0.29) is 11.9 Å². The highest BCUT2D eigenvalue weighted by Crippen LogP contribution is 2.18. The molecule has 2 aromatic rings. The molecule has 0 aliphatic heterocycles. The molecule has 0 unspecified atom stereocenters. The molecule has 0 radical (unpaired) electrons. The lowest BCUT2D eigenvalue weighted by molar-refractivity contribution is 0.0987. The summed E-state index contributed by atoms with van der Waals surface area (Å²) in [5.41, 5.74) is 0.588. The predicted molar refractivity (Wildman–Crippen MR) is 91.1 cm³/mol. The smallest absolute Gasteiger partial charge is 0.259 e. The Morgan fingerprint density at radius 1 is 1.26 bits per heavy atom. The molecule has 0 aliphatic carbocycles. The van der Waals surface area contributed by atoms with Crippen molar-refractivity contribution in [1.29, 1.82) is 0 Å². The number of carbonyl (C=O) groups excluding carboxylic acids is 1. The van der Waals surface area contributed by atoms with Crippen LogP contribution in [-0.4, -0.2) is 35.6 Å². The fourth-order valence-corrected chi connectivity index (χ4v) is 2.13. The number of nitrogens with one attached hydrogen (secondary N) is 1. The van der Waals surface area contributed by atoms with E-state index >= 15 is 0 Å². The Balaban J connectivity index is 2.25. The third kappa shape index (κ3) is 4.18. The fourth-order valence-electron chi connectivity index (χ4n) is 2.13. The van der Waals surface area contributed by atoms with Crippen molar-refractivity contribution in [2.24, 2.45) is 0 Å². The highest BCUT2D eigenvalue weighted by atomic mass is 16.5. The number of ether oxygens (including phenoxy) is 1. The first-order valence-corrected chi connectivity index (χ1v) is 7.60. The summed E-state index contributed by atoms with van der Waals surface area (Å²) in [7, 11) is 1.60. The molecule has 122 valence electrons. The first-order chi connectivity index (χ1) is 11.0. The van der Waals surface area contributed by atoms with E-state index in [1.54, 1.807) is 48.5 Å². The maximum absolute atomic E-state index is 12.7. The molecule has 0 saturated carbocycles. The lowest BCUT2D eigenvalue weighted by Gasteiger charge is -2.21. The van der Waals surface area contributed by atoms with Gasteiger partial charge in [0, 0.05) is 24.3 Å². The highest BCUT2D eigenvalue weighted by molar-refractivity contribution is 6.05. The van der Waals surface area contributed by atoms with Crippen LogP contribution in [0.5, 0.6) is 5.75 Å². The molecule has 6 heteroatoms. The average Bonchev–Trinajstić information content (AvgIpc) is 2.55. The van der Waals surface area contributed by atoms with Crippen molar-refractivity contribution in [2.45, 2.75) is 26.8 Å². The standard InChI is InChI=1S/C17H22N4O2/c1-5-21(15-10-11-18-17(20-15)19-12(2)3)16(22)13-6-8-14(23-4)9-7-13/h6-12H,5H2,1-4H3,(H,18,19,20). The van der Waals surface area contributed by atoms with Crippen LogP contribution in [-0.2, 0) is 0 Å². The van der Waals surface area contributed by atoms with Gasteiger partial charge in [-0.2, -0.15) is 4.98 Å². The Hall–Kier alpha value is -2.63. The minimum absolute atomic E-state index is 0.107. The van der Waals surface area contributed by atoms with Gasteiger partial charge in [0.05, 0.1) is 7.11 Å². The molecule has 1 aromatic heterocycles. The Morgan fingerprint density at radius 2 is 1.96 bits per heavy atom. The van der Waals surface area contributed by atoms with Crippen LogP contribution in [0.1, 0.15) is 31.1 Å². The van der Waals surface area contributed by atoms with Gasteiger partial charge in [-0.3, -0.25) is 9.69 Å². The molecule has 0 fully saturated rings. The maximum Gasteiger partial charge on any atom is 0.259 e. The van der Waals surface area contributed by atoms with Crippen LogP contribution < -0.4 is 15.0 Å². The van der Waals surface area contributed by atoms with E-state index in [4.69, 9.17) is 4.74 Å². The third-order valence-electron chi connectivity index (χ3n) is 3.23. The summed E-state index contributed by atoms with van der Waals surface area (Å²) in [6, 6.07) is 8.99. The van der Waals surface area contributed by atoms with Gasteiger partial charge in [0.25, 0.3) is 5.91 Å². The van der Waals surface area contributed by atoms with Crippen LogP contribution in [0.25, 0.3) is 0 Å². The number of methoxy groups -OCH3 is 1. The van der Waals surface area contributed by atoms with Crippen molar-refractivity contribution in [3.8, 4) is 5.75 Å². The first-order valence-electron chi connectivity index (χ1n) is 7.60. The molecule has 1 heterocycles. The molecule has 1 amide bonds. The Morgan fingerprint density at radius 3 is 2.52 bits per heavy atom. The first kappa shape index (κ1) is 16.7. The lowest BCUT2D eigenvalue weighted by Crippen LogP contribution is -2.31. The van der Waals surface area contributed by atoms with Crippen molar-refractivity contribution in [3.63, 3.8) is 0 Å². The van der Waals surface area contributed by atoms with E-state index in [1.165, 1.54) is 0 Å². The van der Waals surface area contributed by atoms with Crippen molar-refractivity contribution in [2.75, 3.05) is 23.9 Å². The van der Waals surface area contributed by atoms with Gasteiger partial charge in [-0.1, -0.05) is 0 Å². The van der Waals surface area contributed by atoms with Crippen molar-refractivity contribution in [3.05, 3.63) is 42.1 Å². The molecule has 0 atom stereocenters. The summed E-state index contributed by atoms with van der Waals surface area (Å²) < 4.78 is 5.12. The number of hydrogen-bond acceptors (Lipinski definition) is 5. The number of rotatable bonds is 6. The van der Waals surface area contributed by atoms with Crippen LogP contribution >= 0.6 is 0 Å². The molecule has 2 rings (SSSR count). The normalized spacial score (nSPS) is 10.5. The number of amides is 1. The summed E-state index contributed by atoms with van der Waals surface area (Å²) in [6.07, 6.45) is 1.65. The minimum atomic E-state index is -0.107. The Kier molecular flexibility index (Phi) is 5.51. The second-order valence-electron chi connectivity index (χ2n) is 5.32. The van der Waals surface area contributed by atoms with Gasteiger partial charge < -0.3 is 10.1 Å². The van der Waals surface area contributed by atoms with E-state index in [0.29, 0.717) is 23.9 Å². The average molecular weight is 314 g/mol. The van der Waals surface area contributed by atoms with Crippen LogP contribution in [0, 0.1) is 0 Å². The van der Waals surface area contributed by atoms with Gasteiger partial charge in [-0.25, -0.2) is 4.98 Å². The van der Waals surface area contributed by atoms with Crippen LogP contribution in [0.4, 0.5) is 11.8 Å². The number of benzene rings is 1. The summed E-state index contributed by atoms with van der Waals surface area (Å²) >= 11 is 0. The number of aromatic nitrogens is 2. The minimum Gasteiger partial charge on any atom is -0.497 e. The zero-order chi connectivity index (χ0) is 16.8. The van der Waals surface area contributed by atoms with Gasteiger partial charge >= 0.3 is 0 Å². The van der Waals surface area contributed by atoms with Gasteiger partial charge in [0.1, 0.15) is 11.6 Å². The second kappa shape index (κ2) is 7.58. The quantitative estimate of drug-likeness (QED) is 0.888. The van der Waals surface area contributed by atoms with Crippen LogP contribution in [0.2, 0.25) is 0 Å². The SMILES string of the molecule is CCN(C(=O)c1ccc(OC)cc1)c1ccnc(NC(C)C)n1. The largest absolute Gasteiger partial charge is 0.497 e. The predicted octanol–water partition coefficient (Wildman–Crippen LogP) is 2.97. The number of carbonyl (C=O) groups is 1. The molecule has 0 bridgehead atoms. The van der Waals surface area contributed by atoms with Crippen LogP contribution in [0.3, 0.4) is 0 Å². The van der Waals surface area contributed by atoms with E-state index < -0.39 is 0 Å². The summed E-state index contributed by atoms with van der Waals surface area (Å²) in [5, 5.41) is 3.14. The zero-order valence-electron chi connectivity index (χ0n) is 13.9. The molecule has 0 spiro atoms. The third-order valence-corrected chi connectivity index (χ3v) is 3.23. The summed E-state index contributed by atoms with van der Waals surface area (Å²) in [5.74, 6) is 1.70. The second-order valence-corrected chi connectivity index (χ2v) is 5.32. The molecular weight excluding hydrogens is 292 g/mol. The van der Waals surface area contributed by atoms with E-state index in [9.17, 15) is 4.79 Å². The van der Waals surface area contributed by atoms with Crippen molar-refractivity contribution < 1.29 is 9.53 Å². The van der Waals surface area contributed by atoms with Crippen LogP contribution in [0.15, 0.2) is 36.5 Å². The molecule has 1 N–H and O–H groups in total. The molecule has 1 aromatic carbocycles. The molecule has 0 aliphatic rings. The topological polar surface area (TPSA) is 67.4 Å². The Labute approximate surface area is 136 Å². The number of anilines is 2. The fraction of sp³-hybridized carbons (Fsp3) is 0.353. The van der Waals surface area contributed by atoms with Gasteiger partial charge in [0.2, 0.25) is 5.95 Å². The summed E-state index contributed by atoms with van der Waals surface area (Å²) in [4.78, 5) is 22.9. The van der Waals surface area contributed by atoms with Crippen molar-refractivity contribution in [1.82, 2.24) is 9.97 Å². The maximum atomic E-state index is 12.7. The van der Waals surface area contributed by atoms with Gasteiger partial charge in [0.15, 0.2) is 0 Å². The summed E-state index contributed by atoms with van der Waals surface area (Å²) in [6.45, 7) is 6.45. The number of hydrogen-bond donors (Lipinski definition) is 1. The molecule has 23 heavy (non-hydrogen) atoms. The molecule has 6 nitrogen and oxygen atoms in total. The molecule has 0 saturated heterocycles. The van der Waals surface area contributed by atoms with Gasteiger partial charge in [-0.15, -0.1) is 0 Å². The molecular formula is C17H22N4O2. The lowest BCUT2D eigenvalue weighted by atomic mass is 10.2. The number of nitrogens with zero attached hydrogens (tertiary/aromatic N) is 3. The zero-order valence-corrected chi connectivity index (χ0v) is 13.9. The monoisotopic (exact) mass is 314 g/mol. The van der Waals surface area contributed by atoms with Gasteiger partial charge in [-0.05, 0) is 51.1 Å². The van der Waals surface area contributed by atoms with E-state index in [0.717, 1.165) is 5.75 Å². The highest BCUT2D eigenvalue weighted by Gasteiger charge is 2.18. The Bertz CT molecular complexity index is 656. The van der Waals surface area contributed by atoms with E-state index in [1.807, 2.05) is 20.8 Å².